The van der Waals surface area contributed by atoms with Crippen molar-refractivity contribution in [2.75, 3.05) is 0 Å². The Kier molecular flexibility index (Phi) is 8.63. The van der Waals surface area contributed by atoms with Gasteiger partial charge in [-0.2, -0.15) is 0 Å². The zero-order valence-corrected chi connectivity index (χ0v) is 29.7. The fourth-order valence-corrected chi connectivity index (χ4v) is 12.5. The van der Waals surface area contributed by atoms with Crippen LogP contribution in [0.2, 0.25) is 0 Å². The van der Waals surface area contributed by atoms with Crippen LogP contribution < -0.4 is 0 Å². The summed E-state index contributed by atoms with van der Waals surface area (Å²) in [6, 6.07) is 7.48. The number of hydrogen-bond acceptors (Lipinski definition) is 2. The first-order valence-electron chi connectivity index (χ1n) is 18.1. The summed E-state index contributed by atoms with van der Waals surface area (Å²) in [5, 5.41) is 19.2. The smallest absolute Gasteiger partial charge is 0.336 e. The predicted octanol–water partition coefficient (Wildman–Crippen LogP) is 10.4. The van der Waals surface area contributed by atoms with Crippen LogP contribution in [0.5, 0.6) is 0 Å². The lowest BCUT2D eigenvalue weighted by Gasteiger charge is -2.71. The van der Waals surface area contributed by atoms with Gasteiger partial charge < -0.3 is 10.2 Å². The summed E-state index contributed by atoms with van der Waals surface area (Å²) in [5.41, 5.74) is 5.18. The number of allylic oxidation sites excluding steroid dienone is 5. The molecule has 254 valence electrons. The molecule has 0 aliphatic heterocycles. The molecule has 1 aromatic rings. The van der Waals surface area contributed by atoms with E-state index in [2.05, 4.69) is 72.3 Å². The predicted molar refractivity (Wildman–Crippen MR) is 194 cm³/mol. The van der Waals surface area contributed by atoms with E-state index in [1.54, 1.807) is 18.2 Å². The number of benzene rings is 1. The molecular formula is C44H54O4. The molecular weight excluding hydrogens is 592 g/mol. The van der Waals surface area contributed by atoms with E-state index in [0.717, 1.165) is 37.7 Å². The molecule has 4 heteroatoms. The summed E-state index contributed by atoms with van der Waals surface area (Å²) in [5.74, 6) is 8.22. The second-order valence-electron chi connectivity index (χ2n) is 16.7. The Morgan fingerprint density at radius 1 is 0.896 bits per heavy atom. The van der Waals surface area contributed by atoms with Crippen LogP contribution in [0.4, 0.5) is 0 Å². The van der Waals surface area contributed by atoms with Crippen molar-refractivity contribution >= 4 is 17.5 Å². The van der Waals surface area contributed by atoms with Crippen LogP contribution in [0.3, 0.4) is 0 Å². The third kappa shape index (κ3) is 4.94. The van der Waals surface area contributed by atoms with Crippen LogP contribution in [0.25, 0.3) is 5.57 Å². The highest BCUT2D eigenvalue weighted by molar-refractivity contribution is 5.92. The lowest BCUT2D eigenvalue weighted by Crippen LogP contribution is -2.64. The molecule has 6 rings (SSSR count). The van der Waals surface area contributed by atoms with Gasteiger partial charge >= 0.3 is 11.9 Å². The normalized spacial score (nSPS) is 40.2. The number of carboxylic acid groups (broad SMARTS) is 2. The molecule has 0 spiro atoms. The van der Waals surface area contributed by atoms with Gasteiger partial charge in [-0.3, -0.25) is 0 Å². The first-order valence-corrected chi connectivity index (χ1v) is 18.1. The van der Waals surface area contributed by atoms with E-state index in [1.807, 2.05) is 12.1 Å². The molecule has 4 fully saturated rings. The molecule has 48 heavy (non-hydrogen) atoms. The zero-order chi connectivity index (χ0) is 34.8. The van der Waals surface area contributed by atoms with Crippen molar-refractivity contribution in [2.24, 2.45) is 57.2 Å². The van der Waals surface area contributed by atoms with Gasteiger partial charge in [-0.1, -0.05) is 95.2 Å². The standard InChI is InChI=1S/C44H54O4/c1-9-29(32(10-2)40(47)48)17-23-44-24-19-33(27(3)4)38(44)36-15-16-37-41(6)21-18-34(30-11-13-31(14-12-30)39(45)46)28(5)35(41)20-22-43(37,8)42(36,7)25-26-44/h9-14,18,28,33,35-38H,1-3,15-16,19-22,24-26H2,4-8H3,(H,45,46)(H,47,48)/b32-29-/t28?,33-,35?,36?,37?,38?,41?,42+,43?,44?/m0/s1. The fraction of sp³-hybridized carbons (Fsp3) is 0.545. The maximum atomic E-state index is 11.9. The van der Waals surface area contributed by atoms with Crippen LogP contribution in [0.15, 0.2) is 78.9 Å². The molecule has 0 bridgehead atoms. The van der Waals surface area contributed by atoms with E-state index in [9.17, 15) is 19.8 Å². The van der Waals surface area contributed by atoms with E-state index in [1.165, 1.54) is 42.9 Å². The van der Waals surface area contributed by atoms with Crippen LogP contribution >= 0.6 is 0 Å². The van der Waals surface area contributed by atoms with Crippen molar-refractivity contribution in [3.05, 3.63) is 90.1 Å². The van der Waals surface area contributed by atoms with Gasteiger partial charge in [-0.15, -0.1) is 0 Å². The minimum absolute atomic E-state index is 0.120. The fourth-order valence-electron chi connectivity index (χ4n) is 12.5. The molecule has 8 unspecified atom stereocenters. The molecule has 5 aliphatic rings. The van der Waals surface area contributed by atoms with E-state index in [-0.39, 0.29) is 27.2 Å². The zero-order valence-electron chi connectivity index (χ0n) is 29.7. The van der Waals surface area contributed by atoms with E-state index in [0.29, 0.717) is 46.6 Å². The summed E-state index contributed by atoms with van der Waals surface area (Å²) in [6.07, 6.45) is 15.7. The molecule has 2 N–H and O–H groups in total. The van der Waals surface area contributed by atoms with Crippen molar-refractivity contribution in [1.82, 2.24) is 0 Å². The average molecular weight is 647 g/mol. The van der Waals surface area contributed by atoms with Gasteiger partial charge in [0.05, 0.1) is 11.1 Å². The average Bonchev–Trinajstić information content (AvgIpc) is 3.43. The van der Waals surface area contributed by atoms with E-state index >= 15 is 0 Å². The van der Waals surface area contributed by atoms with Crippen molar-refractivity contribution in [3.63, 3.8) is 0 Å². The van der Waals surface area contributed by atoms with Crippen molar-refractivity contribution < 1.29 is 19.8 Å². The van der Waals surface area contributed by atoms with Crippen molar-refractivity contribution in [3.8, 4) is 11.8 Å². The molecule has 5 aliphatic carbocycles. The number of rotatable bonds is 6. The monoisotopic (exact) mass is 646 g/mol. The Bertz CT molecular complexity index is 1680. The Hall–Kier alpha value is -3.58. The number of fused-ring (bicyclic) bond motifs is 7. The van der Waals surface area contributed by atoms with Gasteiger partial charge in [-0.25, -0.2) is 9.59 Å². The van der Waals surface area contributed by atoms with Crippen LogP contribution in [0, 0.1) is 69.0 Å². The van der Waals surface area contributed by atoms with Crippen molar-refractivity contribution in [1.29, 1.82) is 0 Å². The van der Waals surface area contributed by atoms with Gasteiger partial charge in [0, 0.05) is 11.0 Å². The summed E-state index contributed by atoms with van der Waals surface area (Å²) in [4.78, 5) is 23.4. The molecule has 4 saturated carbocycles. The summed E-state index contributed by atoms with van der Waals surface area (Å²) < 4.78 is 0. The molecule has 0 heterocycles. The maximum Gasteiger partial charge on any atom is 0.336 e. The first-order chi connectivity index (χ1) is 22.7. The molecule has 0 radical (unpaired) electrons. The molecule has 1 aromatic carbocycles. The summed E-state index contributed by atoms with van der Waals surface area (Å²) >= 11 is 0. The third-order valence-corrected chi connectivity index (χ3v) is 15.1. The summed E-state index contributed by atoms with van der Waals surface area (Å²) in [6.45, 7) is 24.6. The van der Waals surface area contributed by atoms with Gasteiger partial charge in [0.25, 0.3) is 0 Å². The van der Waals surface area contributed by atoms with Gasteiger partial charge in [0.2, 0.25) is 0 Å². The number of carboxylic acids is 2. The topological polar surface area (TPSA) is 74.6 Å². The third-order valence-electron chi connectivity index (χ3n) is 15.1. The summed E-state index contributed by atoms with van der Waals surface area (Å²) in [7, 11) is 0. The van der Waals surface area contributed by atoms with Gasteiger partial charge in [0.1, 0.15) is 0 Å². The highest BCUT2D eigenvalue weighted by Crippen LogP contribution is 2.76. The maximum absolute atomic E-state index is 11.9. The van der Waals surface area contributed by atoms with Crippen LogP contribution in [-0.4, -0.2) is 22.2 Å². The second-order valence-corrected chi connectivity index (χ2v) is 16.7. The van der Waals surface area contributed by atoms with Crippen LogP contribution in [0.1, 0.15) is 108 Å². The highest BCUT2D eigenvalue weighted by atomic mass is 16.4. The Morgan fingerprint density at radius 2 is 1.60 bits per heavy atom. The van der Waals surface area contributed by atoms with Gasteiger partial charge in [0.15, 0.2) is 0 Å². The van der Waals surface area contributed by atoms with Crippen LogP contribution in [-0.2, 0) is 4.79 Å². The first kappa shape index (κ1) is 34.3. The lowest BCUT2D eigenvalue weighted by atomic mass is 9.33. The quantitative estimate of drug-likeness (QED) is 0.140. The van der Waals surface area contributed by atoms with E-state index in [4.69, 9.17) is 0 Å². The SMILES string of the molecule is C=C/C(C#CC12CC[C@@H](C(=C)C)C1C1CCC3C4(C)CC=C(c5ccc(C(=O)O)cc5)C(C)C4CCC3(C)[C@]1(C)CC2)=C(\C=C)C(=O)O. The number of carbonyl (C=O) groups is 2. The molecule has 0 amide bonds. The number of aromatic carboxylic acids is 1. The molecule has 0 saturated heterocycles. The Labute approximate surface area is 288 Å². The molecule has 10 atom stereocenters. The molecule has 4 nitrogen and oxygen atoms in total. The number of aliphatic carboxylic acids is 1. The Balaban J connectivity index is 1.35. The second kappa shape index (κ2) is 12.1. The highest BCUT2D eigenvalue weighted by Gasteiger charge is 2.69. The minimum atomic E-state index is -1.02. The largest absolute Gasteiger partial charge is 0.478 e. The Morgan fingerprint density at radius 3 is 2.21 bits per heavy atom. The van der Waals surface area contributed by atoms with E-state index < -0.39 is 11.9 Å². The molecule has 0 aromatic heterocycles. The minimum Gasteiger partial charge on any atom is -0.478 e. The van der Waals surface area contributed by atoms with Crippen molar-refractivity contribution in [2.45, 2.75) is 92.4 Å². The van der Waals surface area contributed by atoms with Gasteiger partial charge in [-0.05, 0) is 140 Å². The number of hydrogen-bond donors (Lipinski definition) is 2. The lowest BCUT2D eigenvalue weighted by molar-refractivity contribution is -0.215.